The molecule has 18 heavy (non-hydrogen) atoms. The Morgan fingerprint density at radius 1 is 1.17 bits per heavy atom. The van der Waals surface area contributed by atoms with Crippen molar-refractivity contribution in [3.63, 3.8) is 0 Å². The number of amides is 1. The number of halogens is 2. The highest BCUT2D eigenvalue weighted by molar-refractivity contribution is 6.42. The zero-order chi connectivity index (χ0) is 13.0. The topological polar surface area (TPSA) is 51.2 Å². The van der Waals surface area contributed by atoms with Gasteiger partial charge in [0.15, 0.2) is 0 Å². The van der Waals surface area contributed by atoms with Crippen LogP contribution in [0.1, 0.15) is 0 Å². The van der Waals surface area contributed by atoms with E-state index in [9.17, 15) is 4.79 Å². The molecule has 1 aromatic carbocycles. The predicted octanol–water partition coefficient (Wildman–Crippen LogP) is 4.00. The molecule has 4 nitrogen and oxygen atoms in total. The van der Waals surface area contributed by atoms with E-state index in [2.05, 4.69) is 10.3 Å². The summed E-state index contributed by atoms with van der Waals surface area (Å²) in [5.74, 6) is 0.218. The molecule has 0 fully saturated rings. The van der Waals surface area contributed by atoms with Crippen LogP contribution in [0, 0.1) is 0 Å². The molecule has 0 aliphatic rings. The minimum absolute atomic E-state index is 0.218. The third kappa shape index (κ3) is 3.35. The van der Waals surface area contributed by atoms with Gasteiger partial charge in [-0.3, -0.25) is 5.32 Å². The van der Waals surface area contributed by atoms with Gasteiger partial charge in [0.1, 0.15) is 0 Å². The number of ether oxygens (including phenoxy) is 1. The van der Waals surface area contributed by atoms with Gasteiger partial charge in [0, 0.05) is 18.0 Å². The Morgan fingerprint density at radius 2 is 2.00 bits per heavy atom. The molecule has 0 aliphatic heterocycles. The number of benzene rings is 1. The van der Waals surface area contributed by atoms with Crippen LogP contribution in [0.3, 0.4) is 0 Å². The molecule has 0 saturated carbocycles. The van der Waals surface area contributed by atoms with Crippen LogP contribution < -0.4 is 10.1 Å². The molecule has 1 N–H and O–H groups in total. The van der Waals surface area contributed by atoms with Crippen molar-refractivity contribution >= 4 is 35.0 Å². The average molecular weight is 283 g/mol. The smallest absolute Gasteiger partial charge is 0.391 e. The molecular weight excluding hydrogens is 275 g/mol. The normalized spacial score (nSPS) is 9.89. The molecule has 0 atom stereocenters. The van der Waals surface area contributed by atoms with Gasteiger partial charge in [0.2, 0.25) is 5.88 Å². The summed E-state index contributed by atoms with van der Waals surface area (Å²) in [6, 6.07) is 9.75. The SMILES string of the molecule is O=C(Nc1ccc(Cl)c(Cl)c1)Oc1ccccn1. The fraction of sp³-hybridized carbons (Fsp3) is 0. The van der Waals surface area contributed by atoms with E-state index in [0.29, 0.717) is 15.7 Å². The van der Waals surface area contributed by atoms with Crippen molar-refractivity contribution in [2.75, 3.05) is 5.32 Å². The summed E-state index contributed by atoms with van der Waals surface area (Å²) in [7, 11) is 0. The van der Waals surface area contributed by atoms with Crippen molar-refractivity contribution in [2.45, 2.75) is 0 Å². The maximum absolute atomic E-state index is 11.5. The van der Waals surface area contributed by atoms with Crippen LogP contribution in [0.5, 0.6) is 5.88 Å². The first-order valence-electron chi connectivity index (χ1n) is 5.00. The van der Waals surface area contributed by atoms with Crippen molar-refractivity contribution in [1.82, 2.24) is 4.98 Å². The first-order chi connectivity index (χ1) is 8.65. The van der Waals surface area contributed by atoms with Gasteiger partial charge in [0.25, 0.3) is 0 Å². The van der Waals surface area contributed by atoms with E-state index in [1.54, 1.807) is 30.3 Å². The lowest BCUT2D eigenvalue weighted by Gasteiger charge is -2.06. The van der Waals surface area contributed by atoms with Crippen molar-refractivity contribution in [1.29, 1.82) is 0 Å². The molecule has 1 amide bonds. The van der Waals surface area contributed by atoms with Gasteiger partial charge < -0.3 is 4.74 Å². The van der Waals surface area contributed by atoms with Crippen molar-refractivity contribution < 1.29 is 9.53 Å². The van der Waals surface area contributed by atoms with Crippen LogP contribution >= 0.6 is 23.2 Å². The molecule has 0 saturated heterocycles. The van der Waals surface area contributed by atoms with Gasteiger partial charge in [-0.1, -0.05) is 29.3 Å². The molecule has 6 heteroatoms. The minimum atomic E-state index is -0.646. The lowest BCUT2D eigenvalue weighted by molar-refractivity contribution is 0.213. The van der Waals surface area contributed by atoms with Crippen LogP contribution in [0.15, 0.2) is 42.6 Å². The third-order valence-electron chi connectivity index (χ3n) is 2.00. The number of hydrogen-bond donors (Lipinski definition) is 1. The van der Waals surface area contributed by atoms with E-state index < -0.39 is 6.09 Å². The van der Waals surface area contributed by atoms with Crippen LogP contribution in [0.25, 0.3) is 0 Å². The molecule has 0 spiro atoms. The molecule has 0 aliphatic carbocycles. The number of aromatic nitrogens is 1. The summed E-state index contributed by atoms with van der Waals surface area (Å²) in [5.41, 5.74) is 0.491. The van der Waals surface area contributed by atoms with Gasteiger partial charge in [-0.15, -0.1) is 0 Å². The summed E-state index contributed by atoms with van der Waals surface area (Å²) >= 11 is 11.6. The molecule has 2 aromatic rings. The molecule has 0 radical (unpaired) electrons. The zero-order valence-corrected chi connectivity index (χ0v) is 10.6. The summed E-state index contributed by atoms with van der Waals surface area (Å²) < 4.78 is 4.95. The second-order valence-corrected chi connectivity index (χ2v) is 4.13. The van der Waals surface area contributed by atoms with Gasteiger partial charge in [-0.25, -0.2) is 9.78 Å². The molecular formula is C12H8Cl2N2O2. The molecule has 0 bridgehead atoms. The highest BCUT2D eigenvalue weighted by Gasteiger charge is 2.06. The molecule has 1 heterocycles. The fourth-order valence-electron chi connectivity index (χ4n) is 1.22. The largest absolute Gasteiger partial charge is 0.418 e. The van der Waals surface area contributed by atoms with Crippen LogP contribution in [-0.2, 0) is 0 Å². The third-order valence-corrected chi connectivity index (χ3v) is 2.74. The van der Waals surface area contributed by atoms with E-state index >= 15 is 0 Å². The highest BCUT2D eigenvalue weighted by Crippen LogP contribution is 2.25. The van der Waals surface area contributed by atoms with Crippen molar-refractivity contribution in [3.05, 3.63) is 52.6 Å². The first kappa shape index (κ1) is 12.7. The zero-order valence-electron chi connectivity index (χ0n) is 9.06. The van der Waals surface area contributed by atoms with Gasteiger partial charge in [-0.2, -0.15) is 0 Å². The first-order valence-corrected chi connectivity index (χ1v) is 5.75. The van der Waals surface area contributed by atoms with E-state index in [0.717, 1.165) is 0 Å². The molecule has 2 rings (SSSR count). The Kier molecular flexibility index (Phi) is 4.02. The standard InChI is InChI=1S/C12H8Cl2N2O2/c13-9-5-4-8(7-10(9)14)16-12(17)18-11-3-1-2-6-15-11/h1-7H,(H,16,17). The van der Waals surface area contributed by atoms with Gasteiger partial charge >= 0.3 is 6.09 Å². The van der Waals surface area contributed by atoms with Crippen molar-refractivity contribution in [3.8, 4) is 5.88 Å². The quantitative estimate of drug-likeness (QED) is 0.906. The van der Waals surface area contributed by atoms with Crippen LogP contribution in [0.2, 0.25) is 10.0 Å². The average Bonchev–Trinajstić information content (AvgIpc) is 2.35. The number of rotatable bonds is 2. The number of pyridine rings is 1. The molecule has 92 valence electrons. The Hall–Kier alpha value is -1.78. The minimum Gasteiger partial charge on any atom is -0.391 e. The maximum Gasteiger partial charge on any atom is 0.418 e. The summed E-state index contributed by atoms with van der Waals surface area (Å²) in [5, 5.41) is 3.29. The summed E-state index contributed by atoms with van der Waals surface area (Å²) in [4.78, 5) is 15.4. The predicted molar refractivity (Wildman–Crippen MR) is 70.3 cm³/mol. The van der Waals surface area contributed by atoms with E-state index in [1.807, 2.05) is 0 Å². The summed E-state index contributed by atoms with van der Waals surface area (Å²) in [6.07, 6.45) is 0.883. The Bertz CT molecular complexity index is 561. The molecule has 0 unspecified atom stereocenters. The molecule has 1 aromatic heterocycles. The number of nitrogens with zero attached hydrogens (tertiary/aromatic N) is 1. The second-order valence-electron chi connectivity index (χ2n) is 3.31. The van der Waals surface area contributed by atoms with Gasteiger partial charge in [0.05, 0.1) is 10.0 Å². The Balaban J connectivity index is 2.01. The Morgan fingerprint density at radius 3 is 2.67 bits per heavy atom. The number of anilines is 1. The van der Waals surface area contributed by atoms with E-state index in [1.165, 1.54) is 12.3 Å². The Labute approximate surface area is 114 Å². The lowest BCUT2D eigenvalue weighted by atomic mass is 10.3. The lowest BCUT2D eigenvalue weighted by Crippen LogP contribution is -2.17. The van der Waals surface area contributed by atoms with E-state index in [4.69, 9.17) is 27.9 Å². The maximum atomic E-state index is 11.5. The fourth-order valence-corrected chi connectivity index (χ4v) is 1.52. The summed E-state index contributed by atoms with van der Waals surface area (Å²) in [6.45, 7) is 0. The van der Waals surface area contributed by atoms with Gasteiger partial charge in [-0.05, 0) is 24.3 Å². The number of nitrogens with one attached hydrogen (secondary N) is 1. The van der Waals surface area contributed by atoms with Crippen molar-refractivity contribution in [2.24, 2.45) is 0 Å². The van der Waals surface area contributed by atoms with Crippen LogP contribution in [0.4, 0.5) is 10.5 Å². The van der Waals surface area contributed by atoms with Crippen LogP contribution in [-0.4, -0.2) is 11.1 Å². The number of carbonyl (C=O) groups is 1. The monoisotopic (exact) mass is 282 g/mol. The second kappa shape index (κ2) is 5.71. The highest BCUT2D eigenvalue weighted by atomic mass is 35.5. The number of carbonyl (C=O) groups excluding carboxylic acids is 1. The number of hydrogen-bond acceptors (Lipinski definition) is 3. The van der Waals surface area contributed by atoms with E-state index in [-0.39, 0.29) is 5.88 Å².